The quantitative estimate of drug-likeness (QED) is 0.326. The van der Waals surface area contributed by atoms with Crippen LogP contribution in [-0.2, 0) is 0 Å². The van der Waals surface area contributed by atoms with Gasteiger partial charge in [0, 0.05) is 23.9 Å². The third kappa shape index (κ3) is 7.52. The van der Waals surface area contributed by atoms with E-state index in [2.05, 4.69) is 24.1 Å². The van der Waals surface area contributed by atoms with Crippen LogP contribution in [0.2, 0.25) is 0 Å². The van der Waals surface area contributed by atoms with Gasteiger partial charge in [-0.3, -0.25) is 9.69 Å². The van der Waals surface area contributed by atoms with E-state index in [1.165, 1.54) is 0 Å². The number of benzene rings is 3. The minimum Gasteiger partial charge on any atom is -0.493 e. The van der Waals surface area contributed by atoms with E-state index < -0.39 is 0 Å². The molecule has 1 N–H and O–H groups in total. The zero-order valence-corrected chi connectivity index (χ0v) is 20.3. The fourth-order valence-corrected chi connectivity index (χ4v) is 3.65. The summed E-state index contributed by atoms with van der Waals surface area (Å²) < 4.78 is 17.3. The number of para-hydroxylation sites is 1. The molecule has 0 aliphatic heterocycles. The Balaban J connectivity index is 1.65. The zero-order valence-electron chi connectivity index (χ0n) is 20.3. The van der Waals surface area contributed by atoms with Crippen LogP contribution in [0.1, 0.15) is 37.0 Å². The van der Waals surface area contributed by atoms with Crippen LogP contribution < -0.4 is 19.5 Å². The molecule has 0 saturated heterocycles. The van der Waals surface area contributed by atoms with Crippen molar-refractivity contribution in [2.75, 3.05) is 38.7 Å². The molecule has 1 amide bonds. The van der Waals surface area contributed by atoms with Gasteiger partial charge in [0.25, 0.3) is 5.91 Å². The van der Waals surface area contributed by atoms with E-state index in [1.807, 2.05) is 36.4 Å². The Morgan fingerprint density at radius 1 is 0.824 bits per heavy atom. The smallest absolute Gasteiger partial charge is 0.255 e. The Kier molecular flexibility index (Phi) is 9.80. The largest absolute Gasteiger partial charge is 0.493 e. The number of methoxy groups -OCH3 is 1. The van der Waals surface area contributed by atoms with Gasteiger partial charge in [-0.05, 0) is 68.4 Å². The third-order valence-electron chi connectivity index (χ3n) is 5.24. The molecule has 3 aromatic carbocycles. The maximum absolute atomic E-state index is 12.9. The molecule has 0 unspecified atom stereocenters. The lowest BCUT2D eigenvalue weighted by Crippen LogP contribution is -2.30. The predicted octanol–water partition coefficient (Wildman–Crippen LogP) is 6.24. The van der Waals surface area contributed by atoms with Crippen molar-refractivity contribution in [3.05, 3.63) is 78.4 Å². The molecule has 34 heavy (non-hydrogen) atoms. The molecular formula is C28H34N2O4. The van der Waals surface area contributed by atoms with Crippen molar-refractivity contribution in [1.29, 1.82) is 0 Å². The van der Waals surface area contributed by atoms with Gasteiger partial charge in [0.05, 0.1) is 7.11 Å². The number of nitrogens with one attached hydrogen (secondary N) is 1. The molecule has 0 saturated carbocycles. The van der Waals surface area contributed by atoms with Gasteiger partial charge in [-0.1, -0.05) is 38.1 Å². The van der Waals surface area contributed by atoms with Crippen molar-refractivity contribution in [2.24, 2.45) is 0 Å². The summed E-state index contributed by atoms with van der Waals surface area (Å²) in [5, 5.41) is 2.94. The summed E-state index contributed by atoms with van der Waals surface area (Å²) in [5.41, 5.74) is 1.13. The number of carbonyl (C=O) groups excluding carboxylic acids is 1. The molecule has 0 heterocycles. The first-order chi connectivity index (χ1) is 16.6. The van der Waals surface area contributed by atoms with E-state index in [9.17, 15) is 4.79 Å². The van der Waals surface area contributed by atoms with E-state index in [4.69, 9.17) is 14.2 Å². The van der Waals surface area contributed by atoms with Crippen molar-refractivity contribution in [2.45, 2.75) is 26.7 Å². The van der Waals surface area contributed by atoms with Crippen molar-refractivity contribution < 1.29 is 19.0 Å². The maximum Gasteiger partial charge on any atom is 0.255 e. The Labute approximate surface area is 202 Å². The van der Waals surface area contributed by atoms with Gasteiger partial charge in [0.2, 0.25) is 0 Å². The zero-order chi connectivity index (χ0) is 24.2. The highest BCUT2D eigenvalue weighted by Crippen LogP contribution is 2.31. The van der Waals surface area contributed by atoms with Crippen LogP contribution in [0.4, 0.5) is 5.69 Å². The summed E-state index contributed by atoms with van der Waals surface area (Å²) in [6.45, 7) is 7.86. The Morgan fingerprint density at radius 2 is 1.56 bits per heavy atom. The summed E-state index contributed by atoms with van der Waals surface area (Å²) in [6.07, 6.45) is 2.23. The summed E-state index contributed by atoms with van der Waals surface area (Å²) in [5.74, 6) is 2.32. The van der Waals surface area contributed by atoms with Gasteiger partial charge in [-0.15, -0.1) is 0 Å². The lowest BCUT2D eigenvalue weighted by atomic mass is 10.2. The molecule has 0 aliphatic rings. The summed E-state index contributed by atoms with van der Waals surface area (Å²) >= 11 is 0. The Hall–Kier alpha value is -3.51. The lowest BCUT2D eigenvalue weighted by molar-refractivity contribution is 0.102. The van der Waals surface area contributed by atoms with Crippen molar-refractivity contribution in [3.8, 4) is 23.0 Å². The van der Waals surface area contributed by atoms with Crippen LogP contribution in [0.5, 0.6) is 23.0 Å². The topological polar surface area (TPSA) is 60.0 Å². The third-order valence-corrected chi connectivity index (χ3v) is 5.24. The lowest BCUT2D eigenvalue weighted by Gasteiger charge is -2.21. The van der Waals surface area contributed by atoms with Crippen LogP contribution in [0.25, 0.3) is 0 Å². The number of ether oxygens (including phenoxy) is 3. The molecule has 3 aromatic rings. The number of amides is 1. The van der Waals surface area contributed by atoms with E-state index in [1.54, 1.807) is 43.5 Å². The van der Waals surface area contributed by atoms with Crippen molar-refractivity contribution in [1.82, 2.24) is 4.90 Å². The molecule has 0 radical (unpaired) electrons. The number of carbonyl (C=O) groups is 1. The summed E-state index contributed by atoms with van der Waals surface area (Å²) in [7, 11) is 1.61. The first kappa shape index (κ1) is 25.1. The second-order valence-electron chi connectivity index (χ2n) is 7.95. The predicted molar refractivity (Wildman–Crippen MR) is 136 cm³/mol. The monoisotopic (exact) mass is 462 g/mol. The standard InChI is InChI=1S/C28H34N2O4/c1-4-16-30(17-5-2)18-19-33-27-21-23(14-15-26(27)32-3)29-28(31)22-10-9-13-25(20-22)34-24-11-7-6-8-12-24/h6-15,20-21H,4-5,16-19H2,1-3H3,(H,29,31). The molecule has 0 bridgehead atoms. The molecule has 3 rings (SSSR count). The molecule has 0 fully saturated rings. The average molecular weight is 463 g/mol. The minimum atomic E-state index is -0.230. The molecule has 6 nitrogen and oxygen atoms in total. The van der Waals surface area contributed by atoms with Crippen LogP contribution in [0.3, 0.4) is 0 Å². The Morgan fingerprint density at radius 3 is 2.26 bits per heavy atom. The normalized spacial score (nSPS) is 10.7. The van der Waals surface area contributed by atoms with Crippen LogP contribution in [-0.4, -0.2) is 44.2 Å². The van der Waals surface area contributed by atoms with Crippen LogP contribution in [0, 0.1) is 0 Å². The van der Waals surface area contributed by atoms with Gasteiger partial charge in [-0.25, -0.2) is 0 Å². The fraction of sp³-hybridized carbons (Fsp3) is 0.321. The molecule has 0 aliphatic carbocycles. The first-order valence-electron chi connectivity index (χ1n) is 11.8. The van der Waals surface area contributed by atoms with Crippen molar-refractivity contribution >= 4 is 11.6 Å². The molecule has 0 spiro atoms. The molecule has 0 atom stereocenters. The molecule has 180 valence electrons. The van der Waals surface area contributed by atoms with E-state index >= 15 is 0 Å². The second kappa shape index (κ2) is 13.3. The Bertz CT molecular complexity index is 1030. The number of hydrogen-bond donors (Lipinski definition) is 1. The van der Waals surface area contributed by atoms with E-state index in [-0.39, 0.29) is 5.91 Å². The van der Waals surface area contributed by atoms with Gasteiger partial charge < -0.3 is 19.5 Å². The molecule has 0 aromatic heterocycles. The van der Waals surface area contributed by atoms with E-state index in [0.29, 0.717) is 40.9 Å². The second-order valence-corrected chi connectivity index (χ2v) is 7.95. The molecule has 6 heteroatoms. The number of anilines is 1. The highest BCUT2D eigenvalue weighted by atomic mass is 16.5. The minimum absolute atomic E-state index is 0.230. The van der Waals surface area contributed by atoms with Crippen molar-refractivity contribution in [3.63, 3.8) is 0 Å². The highest BCUT2D eigenvalue weighted by molar-refractivity contribution is 6.04. The average Bonchev–Trinajstić information content (AvgIpc) is 2.85. The van der Waals surface area contributed by atoms with Gasteiger partial charge in [0.15, 0.2) is 11.5 Å². The maximum atomic E-state index is 12.9. The SMILES string of the molecule is CCCN(CCC)CCOc1cc(NC(=O)c2cccc(Oc3ccccc3)c2)ccc1OC. The molecular weight excluding hydrogens is 428 g/mol. The highest BCUT2D eigenvalue weighted by Gasteiger charge is 2.12. The van der Waals surface area contributed by atoms with E-state index in [0.717, 1.165) is 32.5 Å². The summed E-state index contributed by atoms with van der Waals surface area (Å²) in [6, 6.07) is 22.0. The van der Waals surface area contributed by atoms with Crippen LogP contribution >= 0.6 is 0 Å². The van der Waals surface area contributed by atoms with Crippen LogP contribution in [0.15, 0.2) is 72.8 Å². The number of nitrogens with zero attached hydrogens (tertiary/aromatic N) is 1. The van der Waals surface area contributed by atoms with Gasteiger partial charge >= 0.3 is 0 Å². The van der Waals surface area contributed by atoms with Gasteiger partial charge in [-0.2, -0.15) is 0 Å². The fourth-order valence-electron chi connectivity index (χ4n) is 3.65. The number of hydrogen-bond acceptors (Lipinski definition) is 5. The number of rotatable bonds is 13. The summed E-state index contributed by atoms with van der Waals surface area (Å²) in [4.78, 5) is 15.3. The van der Waals surface area contributed by atoms with Gasteiger partial charge in [0.1, 0.15) is 18.1 Å². The first-order valence-corrected chi connectivity index (χ1v) is 11.8.